The van der Waals surface area contributed by atoms with Crippen LogP contribution in [0.15, 0.2) is 54.6 Å². The molecule has 0 spiro atoms. The van der Waals surface area contributed by atoms with Crippen molar-refractivity contribution in [3.63, 3.8) is 0 Å². The molecule has 27 heavy (non-hydrogen) atoms. The molecule has 140 valence electrons. The van der Waals surface area contributed by atoms with E-state index in [1.54, 1.807) is 17.0 Å². The molecular weight excluding hydrogens is 342 g/mol. The Bertz CT molecular complexity index is 803. The third-order valence-corrected chi connectivity index (χ3v) is 4.42. The predicted molar refractivity (Wildman–Crippen MR) is 104 cm³/mol. The molecule has 0 aromatic heterocycles. The van der Waals surface area contributed by atoms with Gasteiger partial charge in [-0.25, -0.2) is 0 Å². The third-order valence-electron chi connectivity index (χ3n) is 4.42. The third kappa shape index (κ3) is 5.41. The Labute approximate surface area is 158 Å². The van der Waals surface area contributed by atoms with Crippen molar-refractivity contribution in [2.75, 3.05) is 23.3 Å². The summed E-state index contributed by atoms with van der Waals surface area (Å²) in [4.78, 5) is 37.4. The fourth-order valence-electron chi connectivity index (χ4n) is 3.03. The largest absolute Gasteiger partial charge is 0.355 e. The maximum Gasteiger partial charge on any atom is 0.227 e. The van der Waals surface area contributed by atoms with E-state index in [-0.39, 0.29) is 30.7 Å². The van der Waals surface area contributed by atoms with E-state index in [1.807, 2.05) is 42.5 Å². The van der Waals surface area contributed by atoms with Crippen molar-refractivity contribution in [1.82, 2.24) is 5.32 Å². The lowest BCUT2D eigenvalue weighted by Crippen LogP contribution is -2.28. The number of nitrogens with one attached hydrogen (secondary N) is 2. The van der Waals surface area contributed by atoms with Gasteiger partial charge in [-0.05, 0) is 36.2 Å². The van der Waals surface area contributed by atoms with Crippen LogP contribution in [0, 0.1) is 0 Å². The van der Waals surface area contributed by atoms with Gasteiger partial charge in [0.05, 0.1) is 6.42 Å². The lowest BCUT2D eigenvalue weighted by Gasteiger charge is -2.16. The number of nitrogens with zero attached hydrogens (tertiary/aromatic N) is 1. The molecule has 1 aliphatic heterocycles. The van der Waals surface area contributed by atoms with Gasteiger partial charge in [0, 0.05) is 37.3 Å². The van der Waals surface area contributed by atoms with E-state index >= 15 is 0 Å². The van der Waals surface area contributed by atoms with Crippen LogP contribution in [-0.2, 0) is 20.8 Å². The summed E-state index contributed by atoms with van der Waals surface area (Å²) in [5, 5.41) is 5.56. The quantitative estimate of drug-likeness (QED) is 0.791. The highest BCUT2D eigenvalue weighted by Gasteiger charge is 2.21. The van der Waals surface area contributed by atoms with E-state index in [4.69, 9.17) is 0 Å². The lowest BCUT2D eigenvalue weighted by molar-refractivity contribution is -0.121. The summed E-state index contributed by atoms with van der Waals surface area (Å²) >= 11 is 0. The van der Waals surface area contributed by atoms with E-state index in [2.05, 4.69) is 10.6 Å². The van der Waals surface area contributed by atoms with Gasteiger partial charge in [0.15, 0.2) is 0 Å². The summed E-state index contributed by atoms with van der Waals surface area (Å²) < 4.78 is 0. The van der Waals surface area contributed by atoms with Crippen LogP contribution < -0.4 is 15.5 Å². The first-order chi connectivity index (χ1) is 13.1. The zero-order chi connectivity index (χ0) is 19.1. The van der Waals surface area contributed by atoms with E-state index in [0.717, 1.165) is 24.2 Å². The number of rotatable bonds is 7. The summed E-state index contributed by atoms with van der Waals surface area (Å²) in [6.45, 7) is 1.03. The number of hydrogen-bond acceptors (Lipinski definition) is 3. The molecule has 2 aromatic carbocycles. The Balaban J connectivity index is 1.40. The molecular formula is C21H23N3O3. The second-order valence-electron chi connectivity index (χ2n) is 6.51. The zero-order valence-corrected chi connectivity index (χ0v) is 15.1. The fraction of sp³-hybridized carbons (Fsp3) is 0.286. The Kier molecular flexibility index (Phi) is 6.20. The van der Waals surface area contributed by atoms with Crippen LogP contribution in [0.1, 0.15) is 24.8 Å². The van der Waals surface area contributed by atoms with Gasteiger partial charge in [-0.15, -0.1) is 0 Å². The summed E-state index contributed by atoms with van der Waals surface area (Å²) in [5.41, 5.74) is 2.46. The van der Waals surface area contributed by atoms with Crippen LogP contribution >= 0.6 is 0 Å². The number of amides is 3. The van der Waals surface area contributed by atoms with Crippen molar-refractivity contribution in [1.29, 1.82) is 0 Å². The number of benzene rings is 2. The summed E-state index contributed by atoms with van der Waals surface area (Å²) in [6, 6.07) is 16.7. The number of hydrogen-bond donors (Lipinski definition) is 2. The number of anilines is 2. The molecule has 0 radical (unpaired) electrons. The van der Waals surface area contributed by atoms with Gasteiger partial charge in [-0.3, -0.25) is 14.4 Å². The van der Waals surface area contributed by atoms with Crippen LogP contribution in [-0.4, -0.2) is 30.8 Å². The minimum atomic E-state index is -0.167. The topological polar surface area (TPSA) is 78.5 Å². The van der Waals surface area contributed by atoms with E-state index in [1.165, 1.54) is 0 Å². The average Bonchev–Trinajstić information content (AvgIpc) is 3.09. The van der Waals surface area contributed by atoms with Gasteiger partial charge in [0.2, 0.25) is 17.7 Å². The SMILES string of the molecule is O=C(Cc1ccccc1)NCCC(=O)Nc1ccc(N2CCCC2=O)cc1. The van der Waals surface area contributed by atoms with Gasteiger partial charge in [-0.2, -0.15) is 0 Å². The van der Waals surface area contributed by atoms with E-state index in [9.17, 15) is 14.4 Å². The number of carbonyl (C=O) groups excluding carboxylic acids is 3. The Morgan fingerprint density at radius 3 is 2.37 bits per heavy atom. The second kappa shape index (κ2) is 8.98. The van der Waals surface area contributed by atoms with E-state index < -0.39 is 0 Å². The summed E-state index contributed by atoms with van der Waals surface area (Å²) in [7, 11) is 0. The first kappa shape index (κ1) is 18.6. The van der Waals surface area contributed by atoms with Crippen LogP contribution in [0.4, 0.5) is 11.4 Å². The molecule has 2 aromatic rings. The van der Waals surface area contributed by atoms with Crippen LogP contribution in [0.25, 0.3) is 0 Å². The molecule has 1 fully saturated rings. The molecule has 6 heteroatoms. The Hall–Kier alpha value is -3.15. The maximum absolute atomic E-state index is 12.0. The molecule has 0 aliphatic carbocycles. The second-order valence-corrected chi connectivity index (χ2v) is 6.51. The molecule has 0 unspecified atom stereocenters. The molecule has 1 heterocycles. The van der Waals surface area contributed by atoms with Gasteiger partial charge in [0.25, 0.3) is 0 Å². The van der Waals surface area contributed by atoms with Gasteiger partial charge >= 0.3 is 0 Å². The van der Waals surface area contributed by atoms with E-state index in [0.29, 0.717) is 18.5 Å². The highest BCUT2D eigenvalue weighted by atomic mass is 16.2. The van der Waals surface area contributed by atoms with Crippen molar-refractivity contribution in [2.24, 2.45) is 0 Å². The molecule has 3 rings (SSSR count). The molecule has 3 amide bonds. The van der Waals surface area contributed by atoms with Crippen molar-refractivity contribution < 1.29 is 14.4 Å². The molecule has 6 nitrogen and oxygen atoms in total. The summed E-state index contributed by atoms with van der Waals surface area (Å²) in [5.74, 6) is -0.133. The van der Waals surface area contributed by atoms with Crippen molar-refractivity contribution in [3.05, 3.63) is 60.2 Å². The summed E-state index contributed by atoms with van der Waals surface area (Å²) in [6.07, 6.45) is 1.98. The minimum Gasteiger partial charge on any atom is -0.355 e. The maximum atomic E-state index is 12.0. The molecule has 1 aliphatic rings. The van der Waals surface area contributed by atoms with Gasteiger partial charge in [0.1, 0.15) is 0 Å². The van der Waals surface area contributed by atoms with Crippen LogP contribution in [0.3, 0.4) is 0 Å². The standard InChI is InChI=1S/C21H23N3O3/c25-19(12-13-22-20(26)15-16-5-2-1-3-6-16)23-17-8-10-18(11-9-17)24-14-4-7-21(24)27/h1-3,5-6,8-11H,4,7,12-15H2,(H,22,26)(H,23,25). The molecule has 1 saturated heterocycles. The first-order valence-electron chi connectivity index (χ1n) is 9.13. The lowest BCUT2D eigenvalue weighted by atomic mass is 10.1. The highest BCUT2D eigenvalue weighted by Crippen LogP contribution is 2.23. The molecule has 0 bridgehead atoms. The molecule has 0 saturated carbocycles. The Morgan fingerprint density at radius 2 is 1.70 bits per heavy atom. The first-order valence-corrected chi connectivity index (χ1v) is 9.13. The fourth-order valence-corrected chi connectivity index (χ4v) is 3.03. The number of carbonyl (C=O) groups is 3. The van der Waals surface area contributed by atoms with Gasteiger partial charge < -0.3 is 15.5 Å². The van der Waals surface area contributed by atoms with Crippen LogP contribution in [0.2, 0.25) is 0 Å². The van der Waals surface area contributed by atoms with Crippen molar-refractivity contribution in [2.45, 2.75) is 25.7 Å². The molecule has 0 atom stereocenters. The molecule has 2 N–H and O–H groups in total. The average molecular weight is 365 g/mol. The predicted octanol–water partition coefficient (Wildman–Crippen LogP) is 2.50. The van der Waals surface area contributed by atoms with Crippen molar-refractivity contribution >= 4 is 29.1 Å². The Morgan fingerprint density at radius 1 is 0.963 bits per heavy atom. The minimum absolute atomic E-state index is 0.103. The highest BCUT2D eigenvalue weighted by molar-refractivity contribution is 5.96. The monoisotopic (exact) mass is 365 g/mol. The van der Waals surface area contributed by atoms with Crippen molar-refractivity contribution in [3.8, 4) is 0 Å². The van der Waals surface area contributed by atoms with Crippen LogP contribution in [0.5, 0.6) is 0 Å². The van der Waals surface area contributed by atoms with Gasteiger partial charge in [-0.1, -0.05) is 30.3 Å². The normalized spacial score (nSPS) is 13.5. The smallest absolute Gasteiger partial charge is 0.227 e. The zero-order valence-electron chi connectivity index (χ0n) is 15.1.